The minimum absolute atomic E-state index is 0.270. The van der Waals surface area contributed by atoms with E-state index < -0.39 is 6.03 Å². The Morgan fingerprint density at radius 3 is 2.77 bits per heavy atom. The molecule has 0 spiro atoms. The van der Waals surface area contributed by atoms with Crippen LogP contribution in [0, 0.1) is 0 Å². The molecular weight excluding hydrogens is 374 g/mol. The summed E-state index contributed by atoms with van der Waals surface area (Å²) in [6.45, 7) is 1.92. The summed E-state index contributed by atoms with van der Waals surface area (Å²) < 4.78 is 6.08. The van der Waals surface area contributed by atoms with Gasteiger partial charge >= 0.3 is 12.0 Å². The van der Waals surface area contributed by atoms with Crippen molar-refractivity contribution >= 4 is 56.0 Å². The predicted molar refractivity (Wildman–Crippen MR) is 104 cm³/mol. The standard InChI is InChI=1S/C18H16ClN3O3S/c1-2-5-16(23)25-11-8-9-14-15(10-11)26-18(21-14)22-17(24)20-13-7-4-3-6-12(13)19/h3-4,6-10H,2,5H2,1H3,(H2,20,21,22,24). The first-order chi connectivity index (χ1) is 12.5. The Hall–Kier alpha value is -2.64. The van der Waals surface area contributed by atoms with Crippen LogP contribution in [0.15, 0.2) is 42.5 Å². The van der Waals surface area contributed by atoms with E-state index >= 15 is 0 Å². The molecule has 0 unspecified atom stereocenters. The summed E-state index contributed by atoms with van der Waals surface area (Å²) in [6.07, 6.45) is 1.10. The topological polar surface area (TPSA) is 80.3 Å². The van der Waals surface area contributed by atoms with E-state index in [2.05, 4.69) is 15.6 Å². The van der Waals surface area contributed by atoms with Crippen LogP contribution >= 0.6 is 22.9 Å². The third kappa shape index (κ3) is 4.50. The Morgan fingerprint density at radius 1 is 1.19 bits per heavy atom. The van der Waals surface area contributed by atoms with Crippen molar-refractivity contribution < 1.29 is 14.3 Å². The molecule has 8 heteroatoms. The van der Waals surface area contributed by atoms with Gasteiger partial charge in [0.2, 0.25) is 0 Å². The normalized spacial score (nSPS) is 10.5. The molecule has 0 bridgehead atoms. The van der Waals surface area contributed by atoms with Crippen molar-refractivity contribution in [3.8, 4) is 5.75 Å². The molecule has 6 nitrogen and oxygen atoms in total. The second kappa shape index (κ2) is 8.16. The molecule has 2 aromatic carbocycles. The molecule has 2 amide bonds. The molecule has 0 saturated heterocycles. The van der Waals surface area contributed by atoms with Crippen molar-refractivity contribution in [3.05, 3.63) is 47.5 Å². The number of hydrogen-bond donors (Lipinski definition) is 2. The number of ether oxygens (including phenoxy) is 1. The van der Waals surface area contributed by atoms with Crippen LogP contribution in [0.2, 0.25) is 5.02 Å². The van der Waals surface area contributed by atoms with Crippen molar-refractivity contribution in [1.82, 2.24) is 4.98 Å². The number of hydrogen-bond acceptors (Lipinski definition) is 5. The first-order valence-electron chi connectivity index (χ1n) is 7.99. The highest BCUT2D eigenvalue weighted by molar-refractivity contribution is 7.22. The van der Waals surface area contributed by atoms with Crippen molar-refractivity contribution in [3.63, 3.8) is 0 Å². The lowest BCUT2D eigenvalue weighted by atomic mass is 10.3. The van der Waals surface area contributed by atoms with Gasteiger partial charge in [-0.05, 0) is 30.7 Å². The van der Waals surface area contributed by atoms with Crippen LogP contribution < -0.4 is 15.4 Å². The zero-order valence-electron chi connectivity index (χ0n) is 13.9. The second-order valence-corrected chi connectivity index (χ2v) is 6.87. The summed E-state index contributed by atoms with van der Waals surface area (Å²) in [5, 5.41) is 6.23. The largest absolute Gasteiger partial charge is 0.426 e. The maximum absolute atomic E-state index is 12.1. The van der Waals surface area contributed by atoms with Crippen molar-refractivity contribution in [2.75, 3.05) is 10.6 Å². The van der Waals surface area contributed by atoms with Crippen molar-refractivity contribution in [1.29, 1.82) is 0 Å². The van der Waals surface area contributed by atoms with Gasteiger partial charge in [0.05, 0.1) is 20.9 Å². The monoisotopic (exact) mass is 389 g/mol. The highest BCUT2D eigenvalue weighted by Crippen LogP contribution is 2.30. The minimum Gasteiger partial charge on any atom is -0.426 e. The number of amides is 2. The number of rotatable bonds is 5. The molecule has 0 saturated carbocycles. The number of aromatic nitrogens is 1. The van der Waals surface area contributed by atoms with Crippen molar-refractivity contribution in [2.24, 2.45) is 0 Å². The first kappa shape index (κ1) is 18.2. The molecule has 0 fully saturated rings. The second-order valence-electron chi connectivity index (χ2n) is 5.43. The lowest BCUT2D eigenvalue weighted by Crippen LogP contribution is -2.19. The van der Waals surface area contributed by atoms with Gasteiger partial charge < -0.3 is 10.1 Å². The van der Waals surface area contributed by atoms with E-state index in [0.717, 1.165) is 11.1 Å². The van der Waals surface area contributed by atoms with Gasteiger partial charge in [-0.3, -0.25) is 10.1 Å². The minimum atomic E-state index is -0.438. The molecule has 0 aliphatic carbocycles. The molecule has 1 heterocycles. The fraction of sp³-hybridized carbons (Fsp3) is 0.167. The molecule has 3 aromatic rings. The number of esters is 1. The Morgan fingerprint density at radius 2 is 2.00 bits per heavy atom. The van der Waals surface area contributed by atoms with Crippen molar-refractivity contribution in [2.45, 2.75) is 19.8 Å². The summed E-state index contributed by atoms with van der Waals surface area (Å²) in [5.74, 6) is 0.195. The SMILES string of the molecule is CCCC(=O)Oc1ccc2nc(NC(=O)Nc3ccccc3Cl)sc2c1. The highest BCUT2D eigenvalue weighted by Gasteiger charge is 2.11. The number of fused-ring (bicyclic) bond motifs is 1. The Labute approximate surface area is 159 Å². The first-order valence-corrected chi connectivity index (χ1v) is 9.18. The smallest absolute Gasteiger partial charge is 0.325 e. The quantitative estimate of drug-likeness (QED) is 0.458. The van der Waals surface area contributed by atoms with Crippen LogP contribution in [0.4, 0.5) is 15.6 Å². The van der Waals surface area contributed by atoms with E-state index in [1.807, 2.05) is 6.92 Å². The molecule has 0 aliphatic heterocycles. The number of carbonyl (C=O) groups is 2. The number of para-hydroxylation sites is 1. The average Bonchev–Trinajstić information content (AvgIpc) is 2.98. The zero-order valence-corrected chi connectivity index (χ0v) is 15.5. The number of halogens is 1. The Balaban J connectivity index is 1.69. The maximum Gasteiger partial charge on any atom is 0.325 e. The van der Waals surface area contributed by atoms with Crippen LogP contribution in [0.5, 0.6) is 5.75 Å². The predicted octanol–water partition coefficient (Wildman–Crippen LogP) is 5.30. The average molecular weight is 390 g/mol. The van der Waals surface area contributed by atoms with Crippen LogP contribution in [0.25, 0.3) is 10.2 Å². The van der Waals surface area contributed by atoms with E-state index in [1.54, 1.807) is 42.5 Å². The number of thiazole rings is 1. The number of nitrogens with zero attached hydrogens (tertiary/aromatic N) is 1. The summed E-state index contributed by atoms with van der Waals surface area (Å²) in [7, 11) is 0. The third-order valence-electron chi connectivity index (χ3n) is 3.39. The van der Waals surface area contributed by atoms with E-state index in [-0.39, 0.29) is 5.97 Å². The van der Waals surface area contributed by atoms with E-state index in [0.29, 0.717) is 33.5 Å². The number of anilines is 2. The van der Waals surface area contributed by atoms with Crippen LogP contribution in [-0.4, -0.2) is 17.0 Å². The van der Waals surface area contributed by atoms with Gasteiger partial charge in [-0.1, -0.05) is 42.0 Å². The Kier molecular flexibility index (Phi) is 5.70. The third-order valence-corrected chi connectivity index (χ3v) is 4.65. The molecule has 26 heavy (non-hydrogen) atoms. The fourth-order valence-corrected chi connectivity index (χ4v) is 3.29. The zero-order chi connectivity index (χ0) is 18.5. The van der Waals surface area contributed by atoms with Crippen LogP contribution in [-0.2, 0) is 4.79 Å². The lowest BCUT2D eigenvalue weighted by molar-refractivity contribution is -0.134. The van der Waals surface area contributed by atoms with E-state index in [1.165, 1.54) is 11.3 Å². The fourth-order valence-electron chi connectivity index (χ4n) is 2.22. The summed E-state index contributed by atoms with van der Waals surface area (Å²) in [6, 6.07) is 11.7. The number of urea groups is 1. The number of benzene rings is 2. The van der Waals surface area contributed by atoms with Crippen LogP contribution in [0.3, 0.4) is 0 Å². The van der Waals surface area contributed by atoms with Gasteiger partial charge in [-0.2, -0.15) is 0 Å². The van der Waals surface area contributed by atoms with Gasteiger partial charge in [-0.25, -0.2) is 9.78 Å². The molecule has 2 N–H and O–H groups in total. The molecule has 0 atom stereocenters. The summed E-state index contributed by atoms with van der Waals surface area (Å²) in [4.78, 5) is 28.0. The maximum atomic E-state index is 12.1. The van der Waals surface area contributed by atoms with E-state index in [4.69, 9.17) is 16.3 Å². The number of nitrogens with one attached hydrogen (secondary N) is 2. The highest BCUT2D eigenvalue weighted by atomic mass is 35.5. The van der Waals surface area contributed by atoms with Gasteiger partial charge in [-0.15, -0.1) is 0 Å². The molecule has 0 radical (unpaired) electrons. The Bertz CT molecular complexity index is 958. The number of carbonyl (C=O) groups excluding carboxylic acids is 2. The molecule has 1 aromatic heterocycles. The molecule has 3 rings (SSSR count). The van der Waals surface area contributed by atoms with Crippen LogP contribution in [0.1, 0.15) is 19.8 Å². The van der Waals surface area contributed by atoms with Gasteiger partial charge in [0.25, 0.3) is 0 Å². The van der Waals surface area contributed by atoms with Gasteiger partial charge in [0, 0.05) is 12.5 Å². The van der Waals surface area contributed by atoms with Gasteiger partial charge in [0.15, 0.2) is 5.13 Å². The molecule has 134 valence electrons. The lowest BCUT2D eigenvalue weighted by Gasteiger charge is -2.06. The van der Waals surface area contributed by atoms with Gasteiger partial charge in [0.1, 0.15) is 5.75 Å². The molecule has 0 aliphatic rings. The summed E-state index contributed by atoms with van der Waals surface area (Å²) in [5.41, 5.74) is 1.22. The van der Waals surface area contributed by atoms with E-state index in [9.17, 15) is 9.59 Å². The molecular formula is C18H16ClN3O3S. The summed E-state index contributed by atoms with van der Waals surface area (Å²) >= 11 is 7.31.